The van der Waals surface area contributed by atoms with E-state index in [9.17, 15) is 23.9 Å². The van der Waals surface area contributed by atoms with Gasteiger partial charge in [-0.25, -0.2) is 14.0 Å². The average Bonchev–Trinajstić information content (AvgIpc) is 3.17. The predicted molar refractivity (Wildman–Crippen MR) is 140 cm³/mol. The summed E-state index contributed by atoms with van der Waals surface area (Å²) >= 11 is 4.14. The van der Waals surface area contributed by atoms with Crippen LogP contribution < -0.4 is 10.6 Å². The molecule has 0 aromatic heterocycles. The summed E-state index contributed by atoms with van der Waals surface area (Å²) in [5.41, 5.74) is 4.29. The molecule has 0 saturated heterocycles. The second kappa shape index (κ2) is 11.6. The van der Waals surface area contributed by atoms with Gasteiger partial charge < -0.3 is 20.5 Å². The van der Waals surface area contributed by atoms with Crippen molar-refractivity contribution in [3.63, 3.8) is 0 Å². The molecule has 3 aromatic rings. The average molecular weight is 573 g/mol. The van der Waals surface area contributed by atoms with Gasteiger partial charge in [0, 0.05) is 16.1 Å². The smallest absolute Gasteiger partial charge is 0.407 e. The van der Waals surface area contributed by atoms with Crippen molar-refractivity contribution >= 4 is 51.3 Å². The van der Waals surface area contributed by atoms with Gasteiger partial charge in [0.15, 0.2) is 0 Å². The fraction of sp³-hybridized carbons (Fsp3) is 0.192. The molecule has 3 aromatic carbocycles. The lowest BCUT2D eigenvalue weighted by atomic mass is 9.98. The third kappa shape index (κ3) is 6.06. The molecular formula is C26H22BrFN2O5S. The fourth-order valence-electron chi connectivity index (χ4n) is 4.00. The maximum Gasteiger partial charge on any atom is 0.407 e. The van der Waals surface area contributed by atoms with Crippen LogP contribution in [0.25, 0.3) is 11.1 Å². The molecule has 186 valence electrons. The number of nitrogens with one attached hydrogen (secondary N) is 2. The van der Waals surface area contributed by atoms with E-state index >= 15 is 0 Å². The first kappa shape index (κ1) is 25.7. The van der Waals surface area contributed by atoms with Gasteiger partial charge in [-0.2, -0.15) is 0 Å². The number of carbonyl (C=O) groups excluding carboxylic acids is 2. The van der Waals surface area contributed by atoms with Crippen LogP contribution in [0.5, 0.6) is 0 Å². The summed E-state index contributed by atoms with van der Waals surface area (Å²) < 4.78 is 19.8. The number of benzene rings is 3. The lowest BCUT2D eigenvalue weighted by Crippen LogP contribution is -2.43. The molecule has 0 radical (unpaired) electrons. The van der Waals surface area contributed by atoms with Crippen molar-refractivity contribution in [1.29, 1.82) is 0 Å². The Bertz CT molecular complexity index is 1260. The molecule has 4 rings (SSSR count). The second-order valence-electron chi connectivity index (χ2n) is 8.05. The number of carboxylic acids is 1. The zero-order chi connectivity index (χ0) is 25.7. The highest BCUT2D eigenvalue weighted by Gasteiger charge is 2.29. The summed E-state index contributed by atoms with van der Waals surface area (Å²) in [6.07, 6.45) is -0.855. The van der Waals surface area contributed by atoms with Gasteiger partial charge in [-0.3, -0.25) is 4.79 Å². The number of carboxylic acid groups (broad SMARTS) is 1. The van der Waals surface area contributed by atoms with E-state index in [2.05, 4.69) is 26.6 Å². The molecule has 2 amide bonds. The summed E-state index contributed by atoms with van der Waals surface area (Å²) in [6, 6.07) is 18.8. The van der Waals surface area contributed by atoms with Crippen molar-refractivity contribution in [3.05, 3.63) is 88.1 Å². The summed E-state index contributed by atoms with van der Waals surface area (Å²) in [6.45, 7) is 0.0561. The Kier molecular flexibility index (Phi) is 8.27. The Balaban J connectivity index is 1.28. The molecule has 1 atom stereocenters. The van der Waals surface area contributed by atoms with E-state index in [1.165, 1.54) is 12.1 Å². The molecule has 10 heteroatoms. The van der Waals surface area contributed by atoms with Gasteiger partial charge in [-0.15, -0.1) is 11.8 Å². The lowest BCUT2D eigenvalue weighted by Gasteiger charge is -2.17. The third-order valence-corrected chi connectivity index (χ3v) is 7.19. The number of halogens is 2. The van der Waals surface area contributed by atoms with Gasteiger partial charge in [0.05, 0.1) is 11.4 Å². The molecule has 1 unspecified atom stereocenters. The SMILES string of the molecule is O=C(CSCC(NC(=O)OCC1c2ccccc2-c2ccccc21)C(=O)O)Nc1ccc(Br)cc1F. The summed E-state index contributed by atoms with van der Waals surface area (Å²) in [4.78, 5) is 36.1. The number of thioether (sulfide) groups is 1. The van der Waals surface area contributed by atoms with Crippen molar-refractivity contribution in [2.75, 3.05) is 23.4 Å². The van der Waals surface area contributed by atoms with Gasteiger partial charge in [-0.05, 0) is 40.5 Å². The van der Waals surface area contributed by atoms with Crippen LogP contribution in [0, 0.1) is 5.82 Å². The van der Waals surface area contributed by atoms with Gasteiger partial charge >= 0.3 is 12.1 Å². The van der Waals surface area contributed by atoms with Gasteiger partial charge in [0.25, 0.3) is 0 Å². The minimum atomic E-state index is -1.26. The highest BCUT2D eigenvalue weighted by molar-refractivity contribution is 9.10. The number of ether oxygens (including phenoxy) is 1. The molecule has 0 saturated carbocycles. The zero-order valence-corrected chi connectivity index (χ0v) is 21.3. The summed E-state index contributed by atoms with van der Waals surface area (Å²) in [5, 5.41) is 14.3. The Morgan fingerprint density at radius 2 is 1.67 bits per heavy atom. The van der Waals surface area contributed by atoms with Crippen molar-refractivity contribution in [1.82, 2.24) is 5.32 Å². The molecule has 36 heavy (non-hydrogen) atoms. The van der Waals surface area contributed by atoms with Crippen molar-refractivity contribution in [2.45, 2.75) is 12.0 Å². The number of hydrogen-bond acceptors (Lipinski definition) is 5. The van der Waals surface area contributed by atoms with Crippen LogP contribution in [0.3, 0.4) is 0 Å². The van der Waals surface area contributed by atoms with Crippen LogP contribution in [0.1, 0.15) is 17.0 Å². The number of hydrogen-bond donors (Lipinski definition) is 3. The van der Waals surface area contributed by atoms with Crippen LogP contribution in [0.15, 0.2) is 71.2 Å². The third-order valence-electron chi connectivity index (χ3n) is 5.66. The van der Waals surface area contributed by atoms with E-state index in [4.69, 9.17) is 4.74 Å². The monoisotopic (exact) mass is 572 g/mol. The van der Waals surface area contributed by atoms with E-state index in [-0.39, 0.29) is 29.7 Å². The topological polar surface area (TPSA) is 105 Å². The molecule has 7 nitrogen and oxygen atoms in total. The number of aliphatic carboxylic acids is 1. The van der Waals surface area contributed by atoms with Crippen LogP contribution in [-0.2, 0) is 14.3 Å². The molecule has 0 spiro atoms. The van der Waals surface area contributed by atoms with Gasteiger partial charge in [0.2, 0.25) is 5.91 Å². The first-order valence-electron chi connectivity index (χ1n) is 11.0. The molecule has 1 aliphatic carbocycles. The van der Waals surface area contributed by atoms with E-state index in [1.807, 2.05) is 48.5 Å². The Labute approximate surface area is 219 Å². The number of anilines is 1. The van der Waals surface area contributed by atoms with E-state index in [0.29, 0.717) is 4.47 Å². The Hall–Kier alpha value is -3.37. The first-order valence-corrected chi connectivity index (χ1v) is 12.9. The normalized spacial score (nSPS) is 12.8. The van der Waals surface area contributed by atoms with Crippen molar-refractivity contribution < 1.29 is 28.6 Å². The van der Waals surface area contributed by atoms with Crippen LogP contribution in [0.2, 0.25) is 0 Å². The molecule has 3 N–H and O–H groups in total. The molecule has 0 heterocycles. The number of alkyl carbamates (subject to hydrolysis) is 1. The number of fused-ring (bicyclic) bond motifs is 3. The fourth-order valence-corrected chi connectivity index (χ4v) is 5.17. The molecule has 1 aliphatic rings. The highest BCUT2D eigenvalue weighted by Crippen LogP contribution is 2.44. The van der Waals surface area contributed by atoms with Crippen LogP contribution in [0.4, 0.5) is 14.9 Å². The summed E-state index contributed by atoms with van der Waals surface area (Å²) in [5.74, 6) is -2.69. The first-order chi connectivity index (χ1) is 17.3. The molecule has 0 aliphatic heterocycles. The number of carbonyl (C=O) groups is 3. The Morgan fingerprint density at radius 1 is 1.03 bits per heavy atom. The maximum atomic E-state index is 13.9. The van der Waals surface area contributed by atoms with Gasteiger partial charge in [-0.1, -0.05) is 64.5 Å². The van der Waals surface area contributed by atoms with Crippen molar-refractivity contribution in [2.24, 2.45) is 0 Å². The molecule has 0 fully saturated rings. The largest absolute Gasteiger partial charge is 0.480 e. The zero-order valence-electron chi connectivity index (χ0n) is 18.9. The second-order valence-corrected chi connectivity index (χ2v) is 9.99. The minimum Gasteiger partial charge on any atom is -0.480 e. The minimum absolute atomic E-state index is 0.0235. The maximum absolute atomic E-state index is 13.9. The number of rotatable bonds is 9. The van der Waals surface area contributed by atoms with Crippen molar-refractivity contribution in [3.8, 4) is 11.1 Å². The summed E-state index contributed by atoms with van der Waals surface area (Å²) in [7, 11) is 0. The number of amides is 2. The Morgan fingerprint density at radius 3 is 2.28 bits per heavy atom. The van der Waals surface area contributed by atoms with E-state index in [0.717, 1.165) is 34.0 Å². The van der Waals surface area contributed by atoms with E-state index in [1.54, 1.807) is 6.07 Å². The highest BCUT2D eigenvalue weighted by atomic mass is 79.9. The lowest BCUT2D eigenvalue weighted by molar-refractivity contribution is -0.138. The van der Waals surface area contributed by atoms with Crippen LogP contribution in [-0.4, -0.2) is 47.2 Å². The predicted octanol–water partition coefficient (Wildman–Crippen LogP) is 5.25. The molecule has 0 bridgehead atoms. The van der Waals surface area contributed by atoms with Gasteiger partial charge in [0.1, 0.15) is 18.5 Å². The van der Waals surface area contributed by atoms with Crippen LogP contribution >= 0.6 is 27.7 Å². The molecular weight excluding hydrogens is 551 g/mol. The standard InChI is InChI=1S/C26H22BrFN2O5S/c27-15-9-10-22(21(28)11-15)29-24(31)14-36-13-23(25(32)33)30-26(34)35-12-20-18-7-3-1-5-16(18)17-6-2-4-8-19(17)20/h1-11,20,23H,12-14H2,(H,29,31)(H,30,34)(H,32,33). The quantitative estimate of drug-likeness (QED) is 0.323. The van der Waals surface area contributed by atoms with E-state index < -0.39 is 29.8 Å².